The lowest BCUT2D eigenvalue weighted by molar-refractivity contribution is -0.949. The highest BCUT2D eigenvalue weighted by Gasteiger charge is 2.52. The molecule has 30 heavy (non-hydrogen) atoms. The van der Waals surface area contributed by atoms with Crippen molar-refractivity contribution in [2.24, 2.45) is 0 Å². The van der Waals surface area contributed by atoms with E-state index in [1.807, 2.05) is 0 Å². The molecule has 0 amide bonds. The van der Waals surface area contributed by atoms with Crippen LogP contribution in [0.5, 0.6) is 0 Å². The van der Waals surface area contributed by atoms with Gasteiger partial charge in [0.15, 0.2) is 0 Å². The maximum Gasteiger partial charge on any atom is 0.321 e. The summed E-state index contributed by atoms with van der Waals surface area (Å²) in [7, 11) is 2.26. The van der Waals surface area contributed by atoms with E-state index in [-0.39, 0.29) is 23.0 Å². The lowest BCUT2D eigenvalue weighted by atomic mass is 9.69. The van der Waals surface area contributed by atoms with E-state index in [9.17, 15) is 4.79 Å². The van der Waals surface area contributed by atoms with Crippen LogP contribution < -0.4 is 17.0 Å². The Bertz CT molecular complexity index is 928. The van der Waals surface area contributed by atoms with Crippen LogP contribution >= 0.6 is 0 Å². The average Bonchev–Trinajstić information content (AvgIpc) is 3.01. The lowest BCUT2D eigenvalue weighted by Gasteiger charge is -2.42. The first-order valence-corrected chi connectivity index (χ1v) is 11.1. The summed E-state index contributed by atoms with van der Waals surface area (Å²) in [6, 6.07) is 15.9. The molecular weight excluding hydrogens is 438 g/mol. The van der Waals surface area contributed by atoms with Crippen LogP contribution in [0.3, 0.4) is 0 Å². The van der Waals surface area contributed by atoms with Crippen molar-refractivity contribution in [2.75, 3.05) is 20.2 Å². The third kappa shape index (κ3) is 3.33. The number of halogens is 1. The highest BCUT2D eigenvalue weighted by Crippen LogP contribution is 2.55. The van der Waals surface area contributed by atoms with Crippen molar-refractivity contribution in [3.8, 4) is 11.1 Å². The number of carbonyl (C=O) groups is 1. The Morgan fingerprint density at radius 2 is 1.70 bits per heavy atom. The largest absolute Gasteiger partial charge is 1.00 e. The van der Waals surface area contributed by atoms with Crippen molar-refractivity contribution in [2.45, 2.75) is 64.5 Å². The number of rotatable bonds is 6. The summed E-state index contributed by atoms with van der Waals surface area (Å²) in [5, 5.41) is 0. The van der Waals surface area contributed by atoms with Crippen molar-refractivity contribution in [1.82, 2.24) is 0 Å². The van der Waals surface area contributed by atoms with Crippen molar-refractivity contribution in [1.29, 1.82) is 0 Å². The molecule has 162 valence electrons. The van der Waals surface area contributed by atoms with Gasteiger partial charge in [-0.05, 0) is 74.8 Å². The summed E-state index contributed by atoms with van der Waals surface area (Å²) < 4.78 is 6.97. The van der Waals surface area contributed by atoms with Crippen molar-refractivity contribution in [3.05, 3.63) is 59.2 Å². The van der Waals surface area contributed by atoms with E-state index in [0.29, 0.717) is 18.7 Å². The van der Waals surface area contributed by atoms with E-state index in [0.717, 1.165) is 35.9 Å². The maximum absolute atomic E-state index is 13.7. The van der Waals surface area contributed by atoms with Gasteiger partial charge in [0, 0.05) is 0 Å². The van der Waals surface area contributed by atoms with Crippen LogP contribution in [0, 0.1) is 0 Å². The SMILES string of the molecule is CC(C)[N+](C)(CCOC(=O)C12CCCc3cccc(c31)-c1ccccc12)C(C)C.[Br-]. The molecule has 0 heterocycles. The number of likely N-dealkylation sites (N-methyl/N-ethyl adjacent to an activating group) is 1. The van der Waals surface area contributed by atoms with Crippen LogP contribution in [0.25, 0.3) is 11.1 Å². The minimum Gasteiger partial charge on any atom is -1.00 e. The van der Waals surface area contributed by atoms with Crippen molar-refractivity contribution >= 4 is 5.97 Å². The first kappa shape index (κ1) is 23.0. The van der Waals surface area contributed by atoms with Crippen LogP contribution in [0.2, 0.25) is 0 Å². The number of benzene rings is 2. The molecule has 2 aromatic carbocycles. The van der Waals surface area contributed by atoms with Crippen LogP contribution in [0.4, 0.5) is 0 Å². The predicted octanol–water partition coefficient (Wildman–Crippen LogP) is 2.10. The minimum absolute atomic E-state index is 0. The first-order chi connectivity index (χ1) is 13.8. The molecule has 0 saturated heterocycles. The highest BCUT2D eigenvalue weighted by atomic mass is 79.9. The summed E-state index contributed by atoms with van der Waals surface area (Å²) in [4.78, 5) is 13.7. The van der Waals surface area contributed by atoms with Gasteiger partial charge in [-0.25, -0.2) is 0 Å². The Morgan fingerprint density at radius 3 is 2.40 bits per heavy atom. The number of carbonyl (C=O) groups excluding carboxylic acids is 1. The maximum atomic E-state index is 13.7. The molecule has 0 aliphatic heterocycles. The zero-order valence-electron chi connectivity index (χ0n) is 18.9. The standard InChI is InChI=1S/C26H34NO2.BrH/c1-18(2)27(5,19(3)4)16-17-29-25(28)26-15-9-11-20-10-8-13-22(24(20)26)21-12-6-7-14-23(21)26;/h6-8,10,12-14,18-19H,9,11,15-17H2,1-5H3;1H/q+1;/p-1. The van der Waals surface area contributed by atoms with E-state index >= 15 is 0 Å². The molecule has 0 radical (unpaired) electrons. The third-order valence-electron chi connectivity index (χ3n) is 7.77. The molecule has 4 heteroatoms. The molecule has 2 aliphatic carbocycles. The summed E-state index contributed by atoms with van der Waals surface area (Å²) in [5.74, 6) is -0.0603. The number of hydrogen-bond acceptors (Lipinski definition) is 2. The van der Waals surface area contributed by atoms with Gasteiger partial charge in [-0.1, -0.05) is 42.5 Å². The fourth-order valence-electron chi connectivity index (χ4n) is 5.45. The summed E-state index contributed by atoms with van der Waals surface area (Å²) in [6.45, 7) is 10.3. The molecule has 2 aliphatic rings. The van der Waals surface area contributed by atoms with Gasteiger partial charge in [0.05, 0.1) is 19.1 Å². The second-order valence-corrected chi connectivity index (χ2v) is 9.54. The number of nitrogens with zero attached hydrogens (tertiary/aromatic N) is 1. The van der Waals surface area contributed by atoms with E-state index in [1.54, 1.807) is 0 Å². The monoisotopic (exact) mass is 471 g/mol. The Balaban J connectivity index is 0.00000256. The fourth-order valence-corrected chi connectivity index (χ4v) is 5.45. The number of aryl methyl sites for hydroxylation is 1. The summed E-state index contributed by atoms with van der Waals surface area (Å²) >= 11 is 0. The van der Waals surface area contributed by atoms with Crippen molar-refractivity contribution in [3.63, 3.8) is 0 Å². The molecule has 0 N–H and O–H groups in total. The molecule has 2 aromatic rings. The predicted molar refractivity (Wildman–Crippen MR) is 118 cm³/mol. The Labute approximate surface area is 191 Å². The Hall–Kier alpha value is -1.65. The number of ether oxygens (including phenoxy) is 1. The third-order valence-corrected chi connectivity index (χ3v) is 7.77. The second kappa shape index (κ2) is 8.47. The van der Waals surface area contributed by atoms with Crippen LogP contribution in [0.1, 0.15) is 57.2 Å². The molecule has 3 nitrogen and oxygen atoms in total. The van der Waals surface area contributed by atoms with E-state index in [2.05, 4.69) is 77.2 Å². The van der Waals surface area contributed by atoms with E-state index in [1.165, 1.54) is 22.3 Å². The van der Waals surface area contributed by atoms with Gasteiger partial charge in [0.2, 0.25) is 0 Å². The zero-order chi connectivity index (χ0) is 20.8. The van der Waals surface area contributed by atoms with Gasteiger partial charge in [-0.3, -0.25) is 4.79 Å². The molecule has 1 unspecified atom stereocenters. The molecule has 1 atom stereocenters. The van der Waals surface area contributed by atoms with Crippen molar-refractivity contribution < 1.29 is 31.0 Å². The van der Waals surface area contributed by atoms with Gasteiger partial charge in [0.1, 0.15) is 18.6 Å². The second-order valence-electron chi connectivity index (χ2n) is 9.54. The molecule has 0 saturated carbocycles. The fraction of sp³-hybridized carbons (Fsp3) is 0.500. The average molecular weight is 472 g/mol. The van der Waals surface area contributed by atoms with E-state index < -0.39 is 5.41 Å². The van der Waals surface area contributed by atoms with Gasteiger partial charge < -0.3 is 26.2 Å². The first-order valence-electron chi connectivity index (χ1n) is 11.1. The molecule has 4 rings (SSSR count). The van der Waals surface area contributed by atoms with Gasteiger partial charge in [0.25, 0.3) is 0 Å². The normalized spacial score (nSPS) is 19.3. The van der Waals surface area contributed by atoms with Gasteiger partial charge >= 0.3 is 5.97 Å². The Morgan fingerprint density at radius 1 is 1.03 bits per heavy atom. The van der Waals surface area contributed by atoms with Gasteiger partial charge in [-0.15, -0.1) is 0 Å². The number of hydrogen-bond donors (Lipinski definition) is 0. The number of quaternary nitrogens is 1. The topological polar surface area (TPSA) is 26.3 Å². The Kier molecular flexibility index (Phi) is 6.50. The highest BCUT2D eigenvalue weighted by molar-refractivity contribution is 5.99. The summed E-state index contributed by atoms with van der Waals surface area (Å²) in [6.07, 6.45) is 2.90. The van der Waals surface area contributed by atoms with Crippen LogP contribution in [-0.4, -0.2) is 42.7 Å². The minimum atomic E-state index is -0.625. The number of fused-ring (bicyclic) bond motifs is 3. The molecule has 0 spiro atoms. The van der Waals surface area contributed by atoms with Crippen LogP contribution in [-0.2, 0) is 21.4 Å². The van der Waals surface area contributed by atoms with Crippen LogP contribution in [0.15, 0.2) is 42.5 Å². The molecule has 0 fully saturated rings. The smallest absolute Gasteiger partial charge is 0.321 e. The zero-order valence-corrected chi connectivity index (χ0v) is 20.5. The molecule has 0 bridgehead atoms. The van der Waals surface area contributed by atoms with Gasteiger partial charge in [-0.2, -0.15) is 0 Å². The van der Waals surface area contributed by atoms with E-state index in [4.69, 9.17) is 4.74 Å². The number of esters is 1. The summed E-state index contributed by atoms with van der Waals surface area (Å²) in [5.41, 5.74) is 5.46. The molecule has 0 aromatic heterocycles. The quantitative estimate of drug-likeness (QED) is 0.476. The lowest BCUT2D eigenvalue weighted by Crippen LogP contribution is -3.00. The molecular formula is C26H34BrNO2.